The first-order chi connectivity index (χ1) is 9.10. The van der Waals surface area contributed by atoms with Crippen molar-refractivity contribution in [2.45, 2.75) is 20.1 Å². The molecule has 0 atom stereocenters. The van der Waals surface area contributed by atoms with E-state index in [4.69, 9.17) is 10.5 Å². The molecule has 3 nitrogen and oxygen atoms in total. The maximum atomic E-state index is 13.0. The summed E-state index contributed by atoms with van der Waals surface area (Å²) >= 11 is 3.31. The van der Waals surface area contributed by atoms with Crippen LogP contribution in [0.2, 0.25) is 0 Å². The van der Waals surface area contributed by atoms with Gasteiger partial charge >= 0.3 is 0 Å². The van der Waals surface area contributed by atoms with Crippen LogP contribution >= 0.6 is 15.9 Å². The summed E-state index contributed by atoms with van der Waals surface area (Å²) in [5.74, 6) is 0.375. The van der Waals surface area contributed by atoms with Crippen molar-refractivity contribution < 1.29 is 9.13 Å². The number of aryl methyl sites for hydroxylation is 1. The minimum absolute atomic E-state index is 0.282. The molecule has 1 heterocycles. The highest BCUT2D eigenvalue weighted by atomic mass is 79.9. The zero-order valence-electron chi connectivity index (χ0n) is 10.5. The van der Waals surface area contributed by atoms with E-state index in [9.17, 15) is 4.39 Å². The zero-order chi connectivity index (χ0) is 13.8. The highest BCUT2D eigenvalue weighted by Gasteiger charge is 2.07. The van der Waals surface area contributed by atoms with Gasteiger partial charge in [0.25, 0.3) is 0 Å². The first-order valence-electron chi connectivity index (χ1n) is 5.83. The van der Waals surface area contributed by atoms with Crippen molar-refractivity contribution in [3.63, 3.8) is 0 Å². The Morgan fingerprint density at radius 1 is 1.32 bits per heavy atom. The molecule has 0 fully saturated rings. The SMILES string of the molecule is Cc1ccc(OCc2ccc(F)cc2Br)c(CN)n1. The van der Waals surface area contributed by atoms with Crippen molar-refractivity contribution in [1.82, 2.24) is 4.98 Å². The van der Waals surface area contributed by atoms with E-state index in [-0.39, 0.29) is 5.82 Å². The first-order valence-corrected chi connectivity index (χ1v) is 6.63. The van der Waals surface area contributed by atoms with Crippen LogP contribution in [0, 0.1) is 12.7 Å². The van der Waals surface area contributed by atoms with Crippen molar-refractivity contribution in [2.75, 3.05) is 0 Å². The van der Waals surface area contributed by atoms with Crippen LogP contribution in [0.4, 0.5) is 4.39 Å². The largest absolute Gasteiger partial charge is 0.487 e. The van der Waals surface area contributed by atoms with Gasteiger partial charge in [0, 0.05) is 22.3 Å². The average Bonchev–Trinajstić information content (AvgIpc) is 2.39. The van der Waals surface area contributed by atoms with Crippen molar-refractivity contribution in [1.29, 1.82) is 0 Å². The minimum atomic E-state index is -0.282. The third-order valence-corrected chi connectivity index (χ3v) is 3.40. The predicted octanol–water partition coefficient (Wildman–Crippen LogP) is 3.33. The van der Waals surface area contributed by atoms with E-state index < -0.39 is 0 Å². The molecule has 19 heavy (non-hydrogen) atoms. The third-order valence-electron chi connectivity index (χ3n) is 2.66. The van der Waals surface area contributed by atoms with Crippen LogP contribution < -0.4 is 10.5 Å². The Balaban J connectivity index is 2.14. The van der Waals surface area contributed by atoms with Crippen LogP contribution in [0.15, 0.2) is 34.8 Å². The standard InChI is InChI=1S/C14H14BrFN2O/c1-9-2-5-14(13(7-17)18-9)19-8-10-3-4-11(16)6-12(10)15/h2-6H,7-8,17H2,1H3. The van der Waals surface area contributed by atoms with Crippen LogP contribution in [-0.2, 0) is 13.2 Å². The average molecular weight is 325 g/mol. The molecule has 0 unspecified atom stereocenters. The lowest BCUT2D eigenvalue weighted by Gasteiger charge is -2.11. The third kappa shape index (κ3) is 3.52. The summed E-state index contributed by atoms with van der Waals surface area (Å²) in [6.45, 7) is 2.56. The van der Waals surface area contributed by atoms with Crippen molar-refractivity contribution in [3.8, 4) is 5.75 Å². The van der Waals surface area contributed by atoms with Gasteiger partial charge in [0.05, 0.1) is 5.69 Å². The maximum absolute atomic E-state index is 13.0. The normalized spacial score (nSPS) is 10.5. The quantitative estimate of drug-likeness (QED) is 0.938. The lowest BCUT2D eigenvalue weighted by atomic mass is 10.2. The molecule has 0 radical (unpaired) electrons. The van der Waals surface area contributed by atoms with Gasteiger partial charge in [-0.25, -0.2) is 4.39 Å². The summed E-state index contributed by atoms with van der Waals surface area (Å²) < 4.78 is 19.4. The lowest BCUT2D eigenvalue weighted by Crippen LogP contribution is -2.06. The van der Waals surface area contributed by atoms with E-state index in [1.54, 1.807) is 6.07 Å². The molecule has 2 N–H and O–H groups in total. The number of ether oxygens (including phenoxy) is 1. The molecular formula is C14H14BrFN2O. The molecule has 0 saturated carbocycles. The number of rotatable bonds is 4. The molecule has 0 aliphatic carbocycles. The summed E-state index contributed by atoms with van der Waals surface area (Å²) in [7, 11) is 0. The Labute approximate surface area is 119 Å². The van der Waals surface area contributed by atoms with E-state index >= 15 is 0 Å². The van der Waals surface area contributed by atoms with Crippen LogP contribution in [0.1, 0.15) is 17.0 Å². The molecule has 5 heteroatoms. The topological polar surface area (TPSA) is 48.1 Å². The molecule has 100 valence electrons. The molecule has 2 aromatic rings. The fourth-order valence-corrected chi connectivity index (χ4v) is 2.13. The highest BCUT2D eigenvalue weighted by molar-refractivity contribution is 9.10. The van der Waals surface area contributed by atoms with Gasteiger partial charge in [-0.3, -0.25) is 4.98 Å². The van der Waals surface area contributed by atoms with E-state index in [0.29, 0.717) is 23.4 Å². The number of nitrogens with zero attached hydrogens (tertiary/aromatic N) is 1. The van der Waals surface area contributed by atoms with Gasteiger partial charge in [-0.2, -0.15) is 0 Å². The van der Waals surface area contributed by atoms with Gasteiger partial charge in [0.2, 0.25) is 0 Å². The van der Waals surface area contributed by atoms with Gasteiger partial charge in [0.15, 0.2) is 0 Å². The van der Waals surface area contributed by atoms with E-state index in [1.807, 2.05) is 19.1 Å². The maximum Gasteiger partial charge on any atom is 0.142 e. The fourth-order valence-electron chi connectivity index (χ4n) is 1.67. The highest BCUT2D eigenvalue weighted by Crippen LogP contribution is 2.22. The van der Waals surface area contributed by atoms with Crippen molar-refractivity contribution in [2.24, 2.45) is 5.73 Å². The second-order valence-corrected chi connectivity index (χ2v) is 4.98. The van der Waals surface area contributed by atoms with Crippen molar-refractivity contribution in [3.05, 3.63) is 57.6 Å². The Morgan fingerprint density at radius 2 is 2.11 bits per heavy atom. The Bertz CT molecular complexity index is 590. The number of halogens is 2. The summed E-state index contributed by atoms with van der Waals surface area (Å²) in [6.07, 6.45) is 0. The van der Waals surface area contributed by atoms with E-state index in [0.717, 1.165) is 17.0 Å². The zero-order valence-corrected chi connectivity index (χ0v) is 12.1. The summed E-state index contributed by atoms with van der Waals surface area (Å²) in [5, 5.41) is 0. The van der Waals surface area contributed by atoms with Crippen LogP contribution in [0.3, 0.4) is 0 Å². The monoisotopic (exact) mass is 324 g/mol. The number of pyridine rings is 1. The number of nitrogens with two attached hydrogens (primary N) is 1. The summed E-state index contributed by atoms with van der Waals surface area (Å²) in [5.41, 5.74) is 8.12. The van der Waals surface area contributed by atoms with Gasteiger partial charge in [-0.15, -0.1) is 0 Å². The molecule has 0 saturated heterocycles. The molecule has 1 aromatic carbocycles. The molecule has 0 bridgehead atoms. The van der Waals surface area contributed by atoms with E-state index in [1.165, 1.54) is 12.1 Å². The molecule has 1 aromatic heterocycles. The number of benzene rings is 1. The second-order valence-electron chi connectivity index (χ2n) is 4.13. The lowest BCUT2D eigenvalue weighted by molar-refractivity contribution is 0.300. The minimum Gasteiger partial charge on any atom is -0.487 e. The van der Waals surface area contributed by atoms with Crippen LogP contribution in [-0.4, -0.2) is 4.98 Å². The van der Waals surface area contributed by atoms with Gasteiger partial charge in [-0.1, -0.05) is 22.0 Å². The molecule has 0 spiro atoms. The molecule has 0 aliphatic rings. The molecule has 0 aliphatic heterocycles. The number of hydrogen-bond donors (Lipinski definition) is 1. The summed E-state index contributed by atoms with van der Waals surface area (Å²) in [4.78, 5) is 4.32. The Hall–Kier alpha value is -1.46. The smallest absolute Gasteiger partial charge is 0.142 e. The van der Waals surface area contributed by atoms with Gasteiger partial charge in [0.1, 0.15) is 18.2 Å². The molecular weight excluding hydrogens is 311 g/mol. The van der Waals surface area contributed by atoms with Gasteiger partial charge in [-0.05, 0) is 31.2 Å². The molecule has 2 rings (SSSR count). The van der Waals surface area contributed by atoms with Crippen molar-refractivity contribution >= 4 is 15.9 Å². The summed E-state index contributed by atoms with van der Waals surface area (Å²) in [6, 6.07) is 8.22. The fraction of sp³-hybridized carbons (Fsp3) is 0.214. The Kier molecular flexibility index (Phi) is 4.50. The van der Waals surface area contributed by atoms with E-state index in [2.05, 4.69) is 20.9 Å². The number of hydrogen-bond acceptors (Lipinski definition) is 3. The number of aromatic nitrogens is 1. The first kappa shape index (κ1) is 14.0. The Morgan fingerprint density at radius 3 is 2.79 bits per heavy atom. The van der Waals surface area contributed by atoms with Crippen LogP contribution in [0.5, 0.6) is 5.75 Å². The predicted molar refractivity (Wildman–Crippen MR) is 75.3 cm³/mol. The van der Waals surface area contributed by atoms with Gasteiger partial charge < -0.3 is 10.5 Å². The molecule has 0 amide bonds. The second kappa shape index (κ2) is 6.12. The van der Waals surface area contributed by atoms with Crippen LogP contribution in [0.25, 0.3) is 0 Å².